The highest BCUT2D eigenvalue weighted by Crippen LogP contribution is 2.36. The summed E-state index contributed by atoms with van der Waals surface area (Å²) in [7, 11) is -3.03. The molecule has 3 aromatic rings. The van der Waals surface area contributed by atoms with E-state index >= 15 is 0 Å². The van der Waals surface area contributed by atoms with E-state index in [0.717, 1.165) is 16.8 Å². The fourth-order valence-electron chi connectivity index (χ4n) is 3.51. The number of hydrogen-bond acceptors (Lipinski definition) is 6. The normalized spacial score (nSPS) is 13.8. The molecule has 0 N–H and O–H groups in total. The van der Waals surface area contributed by atoms with Crippen LogP contribution in [0.25, 0.3) is 16.8 Å². The summed E-state index contributed by atoms with van der Waals surface area (Å²) in [6.07, 6.45) is 2.41. The molecule has 0 aromatic heterocycles. The SMILES string of the molecule is COC(=O)C=Cc1cccc2c1N(S(=O)(=O)Cc1ccc3ccccc3c1)C(=O)C2=O. The first kappa shape index (κ1) is 20.5. The minimum atomic E-state index is -4.23. The van der Waals surface area contributed by atoms with Gasteiger partial charge in [0.15, 0.2) is 0 Å². The summed E-state index contributed by atoms with van der Waals surface area (Å²) in [5.74, 6) is -3.18. The van der Waals surface area contributed by atoms with E-state index in [0.29, 0.717) is 9.87 Å². The summed E-state index contributed by atoms with van der Waals surface area (Å²) >= 11 is 0. The number of methoxy groups -OCH3 is 1. The van der Waals surface area contributed by atoms with Crippen LogP contribution in [0.15, 0.2) is 66.7 Å². The zero-order valence-electron chi connectivity index (χ0n) is 16.4. The van der Waals surface area contributed by atoms with E-state index in [1.165, 1.54) is 31.4 Å². The number of nitrogens with zero attached hydrogens (tertiary/aromatic N) is 1. The standard InChI is InChI=1S/C23H17NO6S/c1-30-20(25)12-11-17-7-4-8-19-21(17)24(23(27)22(19)26)31(28,29)14-15-9-10-16-5-2-3-6-18(16)13-15/h2-13H,14H2,1H3. The quantitative estimate of drug-likeness (QED) is 0.347. The predicted molar refractivity (Wildman–Crippen MR) is 116 cm³/mol. The van der Waals surface area contributed by atoms with Gasteiger partial charge in [-0.05, 0) is 28.5 Å². The van der Waals surface area contributed by atoms with E-state index in [9.17, 15) is 22.8 Å². The second-order valence-corrected chi connectivity index (χ2v) is 8.75. The van der Waals surface area contributed by atoms with Crippen molar-refractivity contribution < 1.29 is 27.5 Å². The number of para-hydroxylation sites is 1. The summed E-state index contributed by atoms with van der Waals surface area (Å²) in [5, 5.41) is 1.82. The molecule has 1 aliphatic rings. The van der Waals surface area contributed by atoms with Crippen LogP contribution in [-0.4, -0.2) is 33.2 Å². The molecule has 4 rings (SSSR count). The molecule has 0 atom stereocenters. The molecule has 0 fully saturated rings. The topological polar surface area (TPSA) is 97.8 Å². The maximum Gasteiger partial charge on any atom is 0.330 e. The lowest BCUT2D eigenvalue weighted by Gasteiger charge is -2.19. The minimum absolute atomic E-state index is 0.0286. The largest absolute Gasteiger partial charge is 0.466 e. The maximum absolute atomic E-state index is 13.2. The average Bonchev–Trinajstić information content (AvgIpc) is 3.03. The molecule has 156 valence electrons. The number of amides is 1. The van der Waals surface area contributed by atoms with Crippen LogP contribution in [-0.2, 0) is 30.1 Å². The highest BCUT2D eigenvalue weighted by molar-refractivity contribution is 7.93. The molecule has 0 aliphatic carbocycles. The smallest absolute Gasteiger partial charge is 0.330 e. The second-order valence-electron chi connectivity index (χ2n) is 6.94. The van der Waals surface area contributed by atoms with Crippen molar-refractivity contribution >= 4 is 50.2 Å². The molecule has 1 aliphatic heterocycles. The van der Waals surface area contributed by atoms with Crippen molar-refractivity contribution in [2.24, 2.45) is 0 Å². The number of benzene rings is 3. The molecule has 7 nitrogen and oxygen atoms in total. The molecule has 31 heavy (non-hydrogen) atoms. The molecule has 0 saturated carbocycles. The number of sulfonamides is 1. The van der Waals surface area contributed by atoms with Gasteiger partial charge in [-0.2, -0.15) is 4.31 Å². The predicted octanol–water partition coefficient (Wildman–Crippen LogP) is 3.09. The van der Waals surface area contributed by atoms with Crippen molar-refractivity contribution in [2.45, 2.75) is 5.75 Å². The number of ketones is 1. The first-order chi connectivity index (χ1) is 14.8. The zero-order valence-corrected chi connectivity index (χ0v) is 17.3. The monoisotopic (exact) mass is 435 g/mol. The maximum atomic E-state index is 13.2. The lowest BCUT2D eigenvalue weighted by molar-refractivity contribution is -0.134. The number of anilines is 1. The average molecular weight is 435 g/mol. The van der Waals surface area contributed by atoms with E-state index in [1.54, 1.807) is 18.2 Å². The third-order valence-corrected chi connectivity index (χ3v) is 6.54. The van der Waals surface area contributed by atoms with E-state index in [2.05, 4.69) is 4.74 Å². The number of Topliss-reactive ketones (excluding diaryl/α,β-unsaturated/α-hetero) is 1. The Morgan fingerprint density at radius 2 is 1.74 bits per heavy atom. The van der Waals surface area contributed by atoms with Gasteiger partial charge in [-0.3, -0.25) is 9.59 Å². The molecule has 8 heteroatoms. The first-order valence-electron chi connectivity index (χ1n) is 9.30. The zero-order chi connectivity index (χ0) is 22.2. The van der Waals surface area contributed by atoms with Gasteiger partial charge < -0.3 is 4.74 Å². The number of esters is 1. The van der Waals surface area contributed by atoms with Crippen molar-refractivity contribution in [2.75, 3.05) is 11.4 Å². The number of ether oxygens (including phenoxy) is 1. The fourth-order valence-corrected chi connectivity index (χ4v) is 5.06. The Labute approximate surface area is 178 Å². The summed E-state index contributed by atoms with van der Waals surface area (Å²) in [5.41, 5.74) is 0.636. The van der Waals surface area contributed by atoms with Crippen molar-refractivity contribution in [3.63, 3.8) is 0 Å². The van der Waals surface area contributed by atoms with Crippen LogP contribution in [0.1, 0.15) is 21.5 Å². The van der Waals surface area contributed by atoms with Gasteiger partial charge in [-0.25, -0.2) is 13.2 Å². The van der Waals surface area contributed by atoms with Crippen molar-refractivity contribution in [1.82, 2.24) is 0 Å². The Balaban J connectivity index is 1.77. The van der Waals surface area contributed by atoms with E-state index < -0.39 is 33.4 Å². The number of fused-ring (bicyclic) bond motifs is 2. The van der Waals surface area contributed by atoms with Gasteiger partial charge in [0.05, 0.1) is 24.1 Å². The lowest BCUT2D eigenvalue weighted by atomic mass is 10.1. The molecule has 0 saturated heterocycles. The number of hydrogen-bond donors (Lipinski definition) is 0. The van der Waals surface area contributed by atoms with Crippen molar-refractivity contribution in [3.05, 3.63) is 83.4 Å². The molecule has 1 amide bonds. The first-order valence-corrected chi connectivity index (χ1v) is 10.9. The van der Waals surface area contributed by atoms with Gasteiger partial charge in [0, 0.05) is 11.6 Å². The van der Waals surface area contributed by atoms with Crippen LogP contribution in [0.2, 0.25) is 0 Å². The highest BCUT2D eigenvalue weighted by atomic mass is 32.2. The van der Waals surface area contributed by atoms with Gasteiger partial charge >= 0.3 is 11.9 Å². The molecular weight excluding hydrogens is 418 g/mol. The van der Waals surface area contributed by atoms with Crippen LogP contribution in [0, 0.1) is 0 Å². The second kappa shape index (κ2) is 7.81. The number of carbonyl (C=O) groups excluding carboxylic acids is 3. The van der Waals surface area contributed by atoms with Crippen LogP contribution in [0.5, 0.6) is 0 Å². The van der Waals surface area contributed by atoms with Gasteiger partial charge in [-0.1, -0.05) is 54.6 Å². The van der Waals surface area contributed by atoms with E-state index in [-0.39, 0.29) is 16.8 Å². The summed E-state index contributed by atoms with van der Waals surface area (Å²) < 4.78 is 31.6. The van der Waals surface area contributed by atoms with Gasteiger partial charge in [0.2, 0.25) is 10.0 Å². The third-order valence-electron chi connectivity index (χ3n) is 4.93. The van der Waals surface area contributed by atoms with Crippen LogP contribution in [0.4, 0.5) is 5.69 Å². The van der Waals surface area contributed by atoms with Gasteiger partial charge in [0.1, 0.15) is 0 Å². The Morgan fingerprint density at radius 1 is 1.00 bits per heavy atom. The van der Waals surface area contributed by atoms with Crippen LogP contribution in [0.3, 0.4) is 0 Å². The minimum Gasteiger partial charge on any atom is -0.466 e. The van der Waals surface area contributed by atoms with Crippen molar-refractivity contribution in [1.29, 1.82) is 0 Å². The Bertz CT molecular complexity index is 1370. The molecule has 0 spiro atoms. The Hall–Kier alpha value is -3.78. The van der Waals surface area contributed by atoms with Crippen LogP contribution < -0.4 is 4.31 Å². The summed E-state index contributed by atoms with van der Waals surface area (Å²) in [6, 6.07) is 17.1. The Kier molecular flexibility index (Phi) is 5.16. The highest BCUT2D eigenvalue weighted by Gasteiger charge is 2.44. The molecule has 0 radical (unpaired) electrons. The van der Waals surface area contributed by atoms with Gasteiger partial charge in [-0.15, -0.1) is 0 Å². The summed E-state index contributed by atoms with van der Waals surface area (Å²) in [4.78, 5) is 36.6. The lowest BCUT2D eigenvalue weighted by Crippen LogP contribution is -2.37. The molecule has 0 bridgehead atoms. The number of carbonyl (C=O) groups is 3. The van der Waals surface area contributed by atoms with E-state index in [4.69, 9.17) is 0 Å². The van der Waals surface area contributed by atoms with Crippen LogP contribution >= 0.6 is 0 Å². The fraction of sp³-hybridized carbons (Fsp3) is 0.0870. The summed E-state index contributed by atoms with van der Waals surface area (Å²) in [6.45, 7) is 0. The van der Waals surface area contributed by atoms with E-state index in [1.807, 2.05) is 24.3 Å². The van der Waals surface area contributed by atoms with Crippen molar-refractivity contribution in [3.8, 4) is 0 Å². The molecule has 0 unspecified atom stereocenters. The van der Waals surface area contributed by atoms with Gasteiger partial charge in [0.25, 0.3) is 5.78 Å². The molecule has 1 heterocycles. The molecular formula is C23H17NO6S. The third kappa shape index (κ3) is 3.73. The molecule has 3 aromatic carbocycles. The number of rotatable bonds is 5. The Morgan fingerprint density at radius 3 is 2.48 bits per heavy atom.